The van der Waals surface area contributed by atoms with Crippen molar-refractivity contribution in [2.45, 2.75) is 6.92 Å². The maximum atomic E-state index is 11.4. The van der Waals surface area contributed by atoms with Crippen LogP contribution in [0.2, 0.25) is 0 Å². The normalized spacial score (nSPS) is 10.3. The summed E-state index contributed by atoms with van der Waals surface area (Å²) in [4.78, 5) is 11.4. The summed E-state index contributed by atoms with van der Waals surface area (Å²) in [5, 5.41) is 4.18. The second-order valence-corrected chi connectivity index (χ2v) is 4.51. The number of aryl methyl sites for hydroxylation is 1. The number of benzene rings is 1. The van der Waals surface area contributed by atoms with Gasteiger partial charge < -0.3 is 4.74 Å². The quantitative estimate of drug-likeness (QED) is 0.800. The summed E-state index contributed by atoms with van der Waals surface area (Å²) >= 11 is 3.34. The lowest BCUT2D eigenvalue weighted by Crippen LogP contribution is -2.05. The molecule has 0 radical (unpaired) electrons. The zero-order chi connectivity index (χ0) is 12.4. The molecular weight excluding hydrogens is 284 g/mol. The number of carbonyl (C=O) groups is 1. The highest BCUT2D eigenvalue weighted by atomic mass is 79.9. The fraction of sp³-hybridized carbons (Fsp3) is 0.167. The van der Waals surface area contributed by atoms with Crippen molar-refractivity contribution in [3.05, 3.63) is 46.2 Å². The molecule has 0 amide bonds. The molecule has 0 N–H and O–H groups in total. The number of nitrogens with zero attached hydrogens (tertiary/aromatic N) is 2. The van der Waals surface area contributed by atoms with Crippen molar-refractivity contribution in [1.29, 1.82) is 0 Å². The Morgan fingerprint density at radius 1 is 1.47 bits per heavy atom. The summed E-state index contributed by atoms with van der Waals surface area (Å²) in [7, 11) is 1.38. The lowest BCUT2D eigenvalue weighted by atomic mass is 10.1. The van der Waals surface area contributed by atoms with Crippen LogP contribution < -0.4 is 0 Å². The van der Waals surface area contributed by atoms with Gasteiger partial charge in [0.2, 0.25) is 0 Å². The molecule has 0 fully saturated rings. The van der Waals surface area contributed by atoms with E-state index in [1.807, 2.05) is 25.3 Å². The SMILES string of the molecule is COC(=O)c1ccc(-n2cc(Br)cn2)cc1C. The molecule has 0 aliphatic carbocycles. The van der Waals surface area contributed by atoms with Gasteiger partial charge in [0.15, 0.2) is 0 Å². The fourth-order valence-corrected chi connectivity index (χ4v) is 1.86. The molecule has 0 saturated carbocycles. The maximum absolute atomic E-state index is 11.4. The maximum Gasteiger partial charge on any atom is 0.338 e. The zero-order valence-electron chi connectivity index (χ0n) is 9.48. The van der Waals surface area contributed by atoms with Gasteiger partial charge in [-0.05, 0) is 46.6 Å². The van der Waals surface area contributed by atoms with Crippen molar-refractivity contribution >= 4 is 21.9 Å². The summed E-state index contributed by atoms with van der Waals surface area (Å²) in [6, 6.07) is 5.47. The molecule has 0 aliphatic rings. The summed E-state index contributed by atoms with van der Waals surface area (Å²) in [5.41, 5.74) is 2.34. The first-order valence-electron chi connectivity index (χ1n) is 5.01. The van der Waals surface area contributed by atoms with E-state index in [1.54, 1.807) is 16.9 Å². The second-order valence-electron chi connectivity index (χ2n) is 3.59. The summed E-state index contributed by atoms with van der Waals surface area (Å²) in [6.07, 6.45) is 3.57. The fourth-order valence-electron chi connectivity index (χ4n) is 1.57. The van der Waals surface area contributed by atoms with Crippen LogP contribution in [-0.2, 0) is 4.74 Å². The molecule has 1 heterocycles. The van der Waals surface area contributed by atoms with Crippen LogP contribution in [0.1, 0.15) is 15.9 Å². The van der Waals surface area contributed by atoms with E-state index in [2.05, 4.69) is 21.0 Å². The van der Waals surface area contributed by atoms with E-state index in [9.17, 15) is 4.79 Å². The largest absolute Gasteiger partial charge is 0.465 e. The van der Waals surface area contributed by atoms with Gasteiger partial charge >= 0.3 is 5.97 Å². The predicted molar refractivity (Wildman–Crippen MR) is 67.3 cm³/mol. The second kappa shape index (κ2) is 4.71. The van der Waals surface area contributed by atoms with Crippen molar-refractivity contribution in [3.8, 4) is 5.69 Å². The van der Waals surface area contributed by atoms with Gasteiger partial charge in [-0.25, -0.2) is 9.48 Å². The van der Waals surface area contributed by atoms with E-state index < -0.39 is 0 Å². The first kappa shape index (κ1) is 11.9. The average molecular weight is 295 g/mol. The Morgan fingerprint density at radius 2 is 2.24 bits per heavy atom. The lowest BCUT2D eigenvalue weighted by Gasteiger charge is -2.06. The molecule has 5 heteroatoms. The number of ether oxygens (including phenoxy) is 1. The molecule has 17 heavy (non-hydrogen) atoms. The zero-order valence-corrected chi connectivity index (χ0v) is 11.1. The third-order valence-electron chi connectivity index (χ3n) is 2.43. The molecule has 2 aromatic rings. The Morgan fingerprint density at radius 3 is 2.76 bits per heavy atom. The summed E-state index contributed by atoms with van der Waals surface area (Å²) < 4.78 is 7.34. The molecule has 4 nitrogen and oxygen atoms in total. The number of methoxy groups -OCH3 is 1. The topological polar surface area (TPSA) is 44.1 Å². The Hall–Kier alpha value is -1.62. The number of halogens is 1. The van der Waals surface area contributed by atoms with Gasteiger partial charge in [-0.2, -0.15) is 5.10 Å². The minimum absolute atomic E-state index is 0.323. The first-order valence-corrected chi connectivity index (χ1v) is 5.80. The Labute approximate surface area is 107 Å². The standard InChI is InChI=1S/C12H11BrN2O2/c1-8-5-10(15-7-9(13)6-14-15)3-4-11(8)12(16)17-2/h3-7H,1-2H3. The molecule has 0 unspecified atom stereocenters. The third-order valence-corrected chi connectivity index (χ3v) is 2.84. The van der Waals surface area contributed by atoms with E-state index in [4.69, 9.17) is 4.74 Å². The predicted octanol–water partition coefficient (Wildman–Crippen LogP) is 2.73. The van der Waals surface area contributed by atoms with Crippen LogP contribution in [0.25, 0.3) is 5.69 Å². The average Bonchev–Trinajstić information content (AvgIpc) is 2.75. The van der Waals surface area contributed by atoms with Gasteiger partial charge in [0.05, 0.1) is 29.0 Å². The van der Waals surface area contributed by atoms with Gasteiger partial charge in [0.25, 0.3) is 0 Å². The molecule has 0 bridgehead atoms. The van der Waals surface area contributed by atoms with Crippen molar-refractivity contribution in [2.24, 2.45) is 0 Å². The molecule has 1 aromatic heterocycles. The highest BCUT2D eigenvalue weighted by Gasteiger charge is 2.10. The molecule has 0 aliphatic heterocycles. The van der Waals surface area contributed by atoms with Crippen LogP contribution >= 0.6 is 15.9 Å². The number of hydrogen-bond acceptors (Lipinski definition) is 3. The highest BCUT2D eigenvalue weighted by molar-refractivity contribution is 9.10. The van der Waals surface area contributed by atoms with Crippen molar-refractivity contribution in [3.63, 3.8) is 0 Å². The van der Waals surface area contributed by atoms with Crippen molar-refractivity contribution < 1.29 is 9.53 Å². The molecular formula is C12H11BrN2O2. The van der Waals surface area contributed by atoms with Crippen molar-refractivity contribution in [2.75, 3.05) is 7.11 Å². The molecule has 0 atom stereocenters. The van der Waals surface area contributed by atoms with E-state index >= 15 is 0 Å². The molecule has 0 spiro atoms. The minimum atomic E-state index is -0.323. The molecule has 0 saturated heterocycles. The van der Waals surface area contributed by atoms with Crippen LogP contribution in [0.3, 0.4) is 0 Å². The van der Waals surface area contributed by atoms with E-state index in [1.165, 1.54) is 7.11 Å². The first-order chi connectivity index (χ1) is 8.11. The Bertz CT molecular complexity index is 563. The smallest absolute Gasteiger partial charge is 0.338 e. The van der Waals surface area contributed by atoms with Crippen LogP contribution in [0.5, 0.6) is 0 Å². The minimum Gasteiger partial charge on any atom is -0.465 e. The number of esters is 1. The molecule has 1 aromatic carbocycles. The van der Waals surface area contributed by atoms with E-state index in [0.717, 1.165) is 15.7 Å². The van der Waals surface area contributed by atoms with Crippen LogP contribution in [0, 0.1) is 6.92 Å². The Balaban J connectivity index is 2.40. The van der Waals surface area contributed by atoms with Gasteiger partial charge in [-0.1, -0.05) is 0 Å². The molecule has 2 rings (SSSR count). The summed E-state index contributed by atoms with van der Waals surface area (Å²) in [5.74, 6) is -0.323. The number of carbonyl (C=O) groups excluding carboxylic acids is 1. The van der Waals surface area contributed by atoms with Crippen molar-refractivity contribution in [1.82, 2.24) is 9.78 Å². The van der Waals surface area contributed by atoms with Gasteiger partial charge in [-0.3, -0.25) is 0 Å². The number of rotatable bonds is 2. The number of hydrogen-bond donors (Lipinski definition) is 0. The van der Waals surface area contributed by atoms with Gasteiger partial charge in [-0.15, -0.1) is 0 Å². The monoisotopic (exact) mass is 294 g/mol. The van der Waals surface area contributed by atoms with E-state index in [-0.39, 0.29) is 5.97 Å². The van der Waals surface area contributed by atoms with E-state index in [0.29, 0.717) is 5.56 Å². The van der Waals surface area contributed by atoms with Gasteiger partial charge in [0.1, 0.15) is 0 Å². The van der Waals surface area contributed by atoms with Crippen LogP contribution in [0.15, 0.2) is 35.1 Å². The van der Waals surface area contributed by atoms with Crippen LogP contribution in [0.4, 0.5) is 0 Å². The van der Waals surface area contributed by atoms with Crippen LogP contribution in [-0.4, -0.2) is 22.9 Å². The Kier molecular flexibility index (Phi) is 3.28. The summed E-state index contributed by atoms with van der Waals surface area (Å²) in [6.45, 7) is 1.87. The lowest BCUT2D eigenvalue weighted by molar-refractivity contribution is 0.0600. The number of aromatic nitrogens is 2. The molecule has 88 valence electrons. The van der Waals surface area contributed by atoms with Gasteiger partial charge in [0, 0.05) is 6.20 Å². The highest BCUT2D eigenvalue weighted by Crippen LogP contribution is 2.17. The third kappa shape index (κ3) is 2.39.